The van der Waals surface area contributed by atoms with E-state index in [4.69, 9.17) is 11.6 Å². The minimum atomic E-state index is -1.07. The summed E-state index contributed by atoms with van der Waals surface area (Å²) in [5.41, 5.74) is 0.831. The van der Waals surface area contributed by atoms with E-state index in [0.717, 1.165) is 10.9 Å². The van der Waals surface area contributed by atoms with Gasteiger partial charge in [-0.1, -0.05) is 29.8 Å². The Balaban J connectivity index is 2.32. The fourth-order valence-electron chi connectivity index (χ4n) is 1.89. The number of benzene rings is 1. The lowest BCUT2D eigenvalue weighted by atomic mass is 10.2. The maximum Gasteiger partial charge on any atom is 0.339 e. The Morgan fingerprint density at radius 3 is 2.79 bits per heavy atom. The third-order valence-electron chi connectivity index (χ3n) is 2.75. The summed E-state index contributed by atoms with van der Waals surface area (Å²) < 4.78 is 1.48. The molecule has 0 aliphatic rings. The van der Waals surface area contributed by atoms with Crippen molar-refractivity contribution >= 4 is 28.5 Å². The van der Waals surface area contributed by atoms with E-state index < -0.39 is 5.97 Å². The second-order valence-electron chi connectivity index (χ2n) is 3.93. The van der Waals surface area contributed by atoms with Crippen LogP contribution < -0.4 is 0 Å². The van der Waals surface area contributed by atoms with Crippen LogP contribution in [0.25, 0.3) is 16.7 Å². The highest BCUT2D eigenvalue weighted by Crippen LogP contribution is 2.21. The summed E-state index contributed by atoms with van der Waals surface area (Å²) in [6.45, 7) is 0. The zero-order valence-electron chi connectivity index (χ0n) is 9.62. The Kier molecular flexibility index (Phi) is 2.68. The molecule has 0 fully saturated rings. The number of fused-ring (bicyclic) bond motifs is 1. The first-order valence-corrected chi connectivity index (χ1v) is 5.87. The first-order chi connectivity index (χ1) is 9.16. The van der Waals surface area contributed by atoms with Gasteiger partial charge in [0.05, 0.1) is 11.7 Å². The van der Waals surface area contributed by atoms with Crippen molar-refractivity contribution < 1.29 is 9.90 Å². The molecule has 94 valence electrons. The third-order valence-corrected chi connectivity index (χ3v) is 2.96. The van der Waals surface area contributed by atoms with Crippen molar-refractivity contribution in [2.45, 2.75) is 0 Å². The van der Waals surface area contributed by atoms with Crippen molar-refractivity contribution in [3.63, 3.8) is 0 Å². The molecule has 2 aromatic heterocycles. The van der Waals surface area contributed by atoms with Crippen LogP contribution in [0.5, 0.6) is 0 Å². The van der Waals surface area contributed by atoms with Gasteiger partial charge in [-0.15, -0.1) is 0 Å². The molecule has 0 unspecified atom stereocenters. The lowest BCUT2D eigenvalue weighted by molar-refractivity contribution is 0.0696. The molecular formula is C13H8ClN3O2. The van der Waals surface area contributed by atoms with Gasteiger partial charge >= 0.3 is 5.97 Å². The van der Waals surface area contributed by atoms with Crippen LogP contribution in [0.3, 0.4) is 0 Å². The van der Waals surface area contributed by atoms with E-state index in [2.05, 4.69) is 10.1 Å². The fraction of sp³-hybridized carbons (Fsp3) is 0. The highest BCUT2D eigenvalue weighted by atomic mass is 35.5. The van der Waals surface area contributed by atoms with Crippen LogP contribution in [-0.4, -0.2) is 25.8 Å². The molecule has 5 nitrogen and oxygen atoms in total. The van der Waals surface area contributed by atoms with E-state index in [1.54, 1.807) is 6.20 Å². The van der Waals surface area contributed by atoms with Crippen molar-refractivity contribution in [2.75, 3.05) is 0 Å². The molecule has 3 rings (SSSR count). The number of carboxylic acids is 1. The van der Waals surface area contributed by atoms with Gasteiger partial charge in [-0.25, -0.2) is 14.5 Å². The number of aromatic carboxylic acids is 1. The molecule has 1 N–H and O–H groups in total. The van der Waals surface area contributed by atoms with Gasteiger partial charge < -0.3 is 5.11 Å². The molecule has 0 aliphatic carbocycles. The zero-order chi connectivity index (χ0) is 13.4. The summed E-state index contributed by atoms with van der Waals surface area (Å²) in [6, 6.07) is 10.3. The highest BCUT2D eigenvalue weighted by Gasteiger charge is 2.16. The summed E-state index contributed by atoms with van der Waals surface area (Å²) in [7, 11) is 0. The number of para-hydroxylation sites is 1. The highest BCUT2D eigenvalue weighted by molar-refractivity contribution is 6.29. The van der Waals surface area contributed by atoms with Gasteiger partial charge in [0.1, 0.15) is 10.7 Å². The van der Waals surface area contributed by atoms with Gasteiger partial charge in [0.15, 0.2) is 5.82 Å². The van der Waals surface area contributed by atoms with Gasteiger partial charge in [-0.3, -0.25) is 0 Å². The molecule has 3 aromatic rings. The summed E-state index contributed by atoms with van der Waals surface area (Å²) in [6.07, 6.45) is 1.66. The van der Waals surface area contributed by atoms with E-state index in [1.807, 2.05) is 24.3 Å². The maximum absolute atomic E-state index is 11.2. The lowest BCUT2D eigenvalue weighted by Gasteiger charge is -2.06. The molecule has 0 bridgehead atoms. The SMILES string of the molecule is O=C(O)c1ccc(Cl)nc1-n1ncc2ccccc21. The van der Waals surface area contributed by atoms with Crippen LogP contribution in [0.2, 0.25) is 5.15 Å². The van der Waals surface area contributed by atoms with E-state index in [1.165, 1.54) is 16.8 Å². The van der Waals surface area contributed by atoms with Crippen LogP contribution in [0.4, 0.5) is 0 Å². The average molecular weight is 274 g/mol. The van der Waals surface area contributed by atoms with Crippen molar-refractivity contribution in [3.05, 3.63) is 53.3 Å². The molecule has 0 saturated carbocycles. The molecule has 19 heavy (non-hydrogen) atoms. The molecule has 0 atom stereocenters. The van der Waals surface area contributed by atoms with E-state index in [-0.39, 0.29) is 16.5 Å². The second-order valence-corrected chi connectivity index (χ2v) is 4.31. The minimum absolute atomic E-state index is 0.0539. The molecule has 0 aliphatic heterocycles. The number of nitrogens with zero attached hydrogens (tertiary/aromatic N) is 3. The van der Waals surface area contributed by atoms with Crippen LogP contribution in [0, 0.1) is 0 Å². The number of rotatable bonds is 2. The van der Waals surface area contributed by atoms with E-state index >= 15 is 0 Å². The molecule has 0 amide bonds. The van der Waals surface area contributed by atoms with Gasteiger partial charge in [0.2, 0.25) is 0 Å². The predicted octanol–water partition coefficient (Wildman–Crippen LogP) is 2.77. The summed E-state index contributed by atoms with van der Waals surface area (Å²) >= 11 is 5.84. The molecule has 0 radical (unpaired) electrons. The van der Waals surface area contributed by atoms with Gasteiger partial charge in [0.25, 0.3) is 0 Å². The number of halogens is 1. The summed E-state index contributed by atoms with van der Waals surface area (Å²) in [4.78, 5) is 15.3. The molecule has 0 spiro atoms. The minimum Gasteiger partial charge on any atom is -0.478 e. The Bertz CT molecular complexity index is 782. The normalized spacial score (nSPS) is 10.8. The molecule has 0 saturated heterocycles. The van der Waals surface area contributed by atoms with E-state index in [0.29, 0.717) is 0 Å². The van der Waals surface area contributed by atoms with Crippen molar-refractivity contribution in [2.24, 2.45) is 0 Å². The average Bonchev–Trinajstić information content (AvgIpc) is 2.82. The molecule has 2 heterocycles. The van der Waals surface area contributed by atoms with Crippen LogP contribution in [0.1, 0.15) is 10.4 Å². The molecule has 1 aromatic carbocycles. The summed E-state index contributed by atoms with van der Waals surface area (Å²) in [5, 5.41) is 14.5. The first-order valence-electron chi connectivity index (χ1n) is 5.50. The topological polar surface area (TPSA) is 68.0 Å². The largest absolute Gasteiger partial charge is 0.478 e. The fourth-order valence-corrected chi connectivity index (χ4v) is 2.04. The zero-order valence-corrected chi connectivity index (χ0v) is 10.4. The number of carboxylic acid groups (broad SMARTS) is 1. The first kappa shape index (κ1) is 11.7. The Morgan fingerprint density at radius 2 is 2.00 bits per heavy atom. The quantitative estimate of drug-likeness (QED) is 0.729. The molecule has 6 heteroatoms. The lowest BCUT2D eigenvalue weighted by Crippen LogP contribution is -2.08. The monoisotopic (exact) mass is 273 g/mol. The van der Waals surface area contributed by atoms with Crippen LogP contribution in [0.15, 0.2) is 42.6 Å². The van der Waals surface area contributed by atoms with Crippen LogP contribution >= 0.6 is 11.6 Å². The van der Waals surface area contributed by atoms with Gasteiger partial charge in [0, 0.05) is 5.39 Å². The van der Waals surface area contributed by atoms with E-state index in [9.17, 15) is 9.90 Å². The van der Waals surface area contributed by atoms with Gasteiger partial charge in [-0.2, -0.15) is 5.10 Å². The number of aromatic nitrogens is 3. The smallest absolute Gasteiger partial charge is 0.339 e. The van der Waals surface area contributed by atoms with Crippen molar-refractivity contribution in [1.82, 2.24) is 14.8 Å². The number of hydrogen-bond acceptors (Lipinski definition) is 3. The van der Waals surface area contributed by atoms with Crippen LogP contribution in [-0.2, 0) is 0 Å². The standard InChI is InChI=1S/C13H8ClN3O2/c14-11-6-5-9(13(18)19)12(16-11)17-10-4-2-1-3-8(10)7-15-17/h1-7H,(H,18,19). The Hall–Kier alpha value is -2.40. The number of carbonyl (C=O) groups is 1. The second kappa shape index (κ2) is 4.37. The predicted molar refractivity (Wildman–Crippen MR) is 70.8 cm³/mol. The van der Waals surface area contributed by atoms with Crippen molar-refractivity contribution in [1.29, 1.82) is 0 Å². The number of pyridine rings is 1. The molecular weight excluding hydrogens is 266 g/mol. The Labute approximate surface area is 113 Å². The van der Waals surface area contributed by atoms with Gasteiger partial charge in [-0.05, 0) is 18.2 Å². The number of hydrogen-bond donors (Lipinski definition) is 1. The van der Waals surface area contributed by atoms with Crippen molar-refractivity contribution in [3.8, 4) is 5.82 Å². The maximum atomic E-state index is 11.2. The Morgan fingerprint density at radius 1 is 1.21 bits per heavy atom. The summed E-state index contributed by atoms with van der Waals surface area (Å²) in [5.74, 6) is -0.861. The third kappa shape index (κ3) is 1.94.